The van der Waals surface area contributed by atoms with Gasteiger partial charge in [0.05, 0.1) is 5.60 Å². The van der Waals surface area contributed by atoms with Crippen molar-refractivity contribution in [2.75, 3.05) is 0 Å². The first kappa shape index (κ1) is 15.2. The van der Waals surface area contributed by atoms with Gasteiger partial charge in [0, 0.05) is 6.42 Å². The van der Waals surface area contributed by atoms with E-state index in [2.05, 4.69) is 58.9 Å². The smallest absolute Gasteiger partial charge is 0.0692 e. The van der Waals surface area contributed by atoms with Crippen LogP contribution in [0.4, 0.5) is 0 Å². The highest BCUT2D eigenvalue weighted by atomic mass is 16.3. The van der Waals surface area contributed by atoms with Crippen molar-refractivity contribution < 1.29 is 5.11 Å². The van der Waals surface area contributed by atoms with Gasteiger partial charge in [-0.15, -0.1) is 0 Å². The van der Waals surface area contributed by atoms with Crippen LogP contribution in [0.5, 0.6) is 0 Å². The van der Waals surface area contributed by atoms with Gasteiger partial charge in [0.1, 0.15) is 0 Å². The molecule has 0 fully saturated rings. The van der Waals surface area contributed by atoms with Crippen LogP contribution in [0.25, 0.3) is 0 Å². The van der Waals surface area contributed by atoms with Gasteiger partial charge < -0.3 is 5.11 Å². The Hall–Kier alpha value is -0.820. The summed E-state index contributed by atoms with van der Waals surface area (Å²) >= 11 is 0. The molecule has 0 bridgehead atoms. The van der Waals surface area contributed by atoms with Crippen molar-refractivity contribution in [3.63, 3.8) is 0 Å². The molecule has 0 aliphatic heterocycles. The van der Waals surface area contributed by atoms with E-state index in [1.54, 1.807) is 0 Å². The second kappa shape index (κ2) is 6.38. The van der Waals surface area contributed by atoms with E-state index in [9.17, 15) is 5.11 Å². The van der Waals surface area contributed by atoms with Crippen LogP contribution in [0.15, 0.2) is 24.3 Å². The van der Waals surface area contributed by atoms with Gasteiger partial charge in [-0.1, -0.05) is 57.5 Å². The molecule has 0 amide bonds. The minimum Gasteiger partial charge on any atom is -0.390 e. The SMILES string of the molecule is Cc1cccc(CC(O)(CC(C)C)CC(C)C)c1. The Morgan fingerprint density at radius 3 is 2.06 bits per heavy atom. The first-order valence-electron chi connectivity index (χ1n) is 7.09. The lowest BCUT2D eigenvalue weighted by Gasteiger charge is -2.32. The van der Waals surface area contributed by atoms with Gasteiger partial charge in [0.2, 0.25) is 0 Å². The molecule has 102 valence electrons. The maximum absolute atomic E-state index is 10.9. The summed E-state index contributed by atoms with van der Waals surface area (Å²) in [4.78, 5) is 0. The molecule has 1 N–H and O–H groups in total. The van der Waals surface area contributed by atoms with Gasteiger partial charge in [-0.05, 0) is 37.2 Å². The molecule has 0 aliphatic carbocycles. The third-order valence-electron chi connectivity index (χ3n) is 3.19. The zero-order valence-corrected chi connectivity index (χ0v) is 12.5. The van der Waals surface area contributed by atoms with Gasteiger partial charge in [-0.2, -0.15) is 0 Å². The Morgan fingerprint density at radius 2 is 1.61 bits per heavy atom. The van der Waals surface area contributed by atoms with Crippen molar-refractivity contribution in [1.29, 1.82) is 0 Å². The fourth-order valence-corrected chi connectivity index (χ4v) is 2.95. The summed E-state index contributed by atoms with van der Waals surface area (Å²) in [5.41, 5.74) is 1.96. The lowest BCUT2D eigenvalue weighted by Crippen LogP contribution is -2.34. The Bertz CT molecular complexity index is 356. The molecule has 0 aromatic heterocycles. The summed E-state index contributed by atoms with van der Waals surface area (Å²) < 4.78 is 0. The molecule has 0 saturated carbocycles. The predicted octanol–water partition coefficient (Wildman–Crippen LogP) is 4.36. The van der Waals surface area contributed by atoms with E-state index < -0.39 is 5.60 Å². The minimum atomic E-state index is -0.559. The van der Waals surface area contributed by atoms with Crippen molar-refractivity contribution in [2.24, 2.45) is 11.8 Å². The monoisotopic (exact) mass is 248 g/mol. The van der Waals surface area contributed by atoms with E-state index in [-0.39, 0.29) is 0 Å². The fraction of sp³-hybridized carbons (Fsp3) is 0.647. The standard InChI is InChI=1S/C17H28O/c1-13(2)10-17(18,11-14(3)4)12-16-8-6-7-15(5)9-16/h6-9,13-14,18H,10-12H2,1-5H3. The highest BCUT2D eigenvalue weighted by molar-refractivity contribution is 5.23. The van der Waals surface area contributed by atoms with E-state index in [0.29, 0.717) is 11.8 Å². The summed E-state index contributed by atoms with van der Waals surface area (Å²) in [6, 6.07) is 8.49. The van der Waals surface area contributed by atoms with Gasteiger partial charge in [-0.3, -0.25) is 0 Å². The lowest BCUT2D eigenvalue weighted by molar-refractivity contribution is 0.000742. The van der Waals surface area contributed by atoms with Crippen molar-refractivity contribution >= 4 is 0 Å². The Labute approximate surface area is 112 Å². The number of rotatable bonds is 6. The van der Waals surface area contributed by atoms with Gasteiger partial charge in [0.15, 0.2) is 0 Å². The van der Waals surface area contributed by atoms with Crippen LogP contribution in [-0.4, -0.2) is 10.7 Å². The number of aliphatic hydroxyl groups is 1. The Morgan fingerprint density at radius 1 is 1.06 bits per heavy atom. The van der Waals surface area contributed by atoms with Crippen LogP contribution in [-0.2, 0) is 6.42 Å². The van der Waals surface area contributed by atoms with E-state index in [1.165, 1.54) is 11.1 Å². The lowest BCUT2D eigenvalue weighted by atomic mass is 9.80. The summed E-state index contributed by atoms with van der Waals surface area (Å²) in [6.07, 6.45) is 2.52. The first-order valence-corrected chi connectivity index (χ1v) is 7.09. The summed E-state index contributed by atoms with van der Waals surface area (Å²) in [5, 5.41) is 10.9. The summed E-state index contributed by atoms with van der Waals surface area (Å²) in [6.45, 7) is 10.8. The molecule has 18 heavy (non-hydrogen) atoms. The van der Waals surface area contributed by atoms with Crippen molar-refractivity contribution in [1.82, 2.24) is 0 Å². The molecule has 1 aromatic carbocycles. The molecule has 0 radical (unpaired) electrons. The van der Waals surface area contributed by atoms with Crippen LogP contribution in [0.1, 0.15) is 51.7 Å². The zero-order valence-electron chi connectivity index (χ0n) is 12.5. The molecule has 1 nitrogen and oxygen atoms in total. The van der Waals surface area contributed by atoms with Crippen molar-refractivity contribution in [3.8, 4) is 0 Å². The van der Waals surface area contributed by atoms with Crippen LogP contribution < -0.4 is 0 Å². The van der Waals surface area contributed by atoms with Crippen LogP contribution in [0, 0.1) is 18.8 Å². The normalized spacial score (nSPS) is 12.4. The minimum absolute atomic E-state index is 0.526. The van der Waals surface area contributed by atoms with Gasteiger partial charge in [-0.25, -0.2) is 0 Å². The maximum Gasteiger partial charge on any atom is 0.0692 e. The third-order valence-corrected chi connectivity index (χ3v) is 3.19. The highest BCUT2D eigenvalue weighted by Crippen LogP contribution is 2.28. The average molecular weight is 248 g/mol. The van der Waals surface area contributed by atoms with E-state index >= 15 is 0 Å². The molecule has 1 rings (SSSR count). The first-order chi connectivity index (χ1) is 8.31. The van der Waals surface area contributed by atoms with Crippen LogP contribution in [0.2, 0.25) is 0 Å². The maximum atomic E-state index is 10.9. The number of benzene rings is 1. The Kier molecular flexibility index (Phi) is 5.40. The van der Waals surface area contributed by atoms with Crippen molar-refractivity contribution in [3.05, 3.63) is 35.4 Å². The fourth-order valence-electron chi connectivity index (χ4n) is 2.95. The molecule has 1 aromatic rings. The highest BCUT2D eigenvalue weighted by Gasteiger charge is 2.29. The second-order valence-corrected chi connectivity index (χ2v) is 6.59. The molecular formula is C17H28O. The quantitative estimate of drug-likeness (QED) is 0.793. The molecule has 0 saturated heterocycles. The molecule has 0 unspecified atom stereocenters. The topological polar surface area (TPSA) is 20.2 Å². The molecule has 0 heterocycles. The number of hydrogen-bond donors (Lipinski definition) is 1. The number of hydrogen-bond acceptors (Lipinski definition) is 1. The average Bonchev–Trinajstić information content (AvgIpc) is 2.13. The van der Waals surface area contributed by atoms with Crippen LogP contribution in [0.3, 0.4) is 0 Å². The van der Waals surface area contributed by atoms with Gasteiger partial charge >= 0.3 is 0 Å². The van der Waals surface area contributed by atoms with Gasteiger partial charge in [0.25, 0.3) is 0 Å². The van der Waals surface area contributed by atoms with E-state index in [0.717, 1.165) is 19.3 Å². The third kappa shape index (κ3) is 5.22. The largest absolute Gasteiger partial charge is 0.390 e. The van der Waals surface area contributed by atoms with E-state index in [4.69, 9.17) is 0 Å². The zero-order chi connectivity index (χ0) is 13.8. The molecule has 0 spiro atoms. The van der Waals surface area contributed by atoms with Crippen LogP contribution >= 0.6 is 0 Å². The van der Waals surface area contributed by atoms with E-state index in [1.807, 2.05) is 0 Å². The molecule has 0 aliphatic rings. The molecule has 0 atom stereocenters. The molecule has 1 heteroatoms. The predicted molar refractivity (Wildman–Crippen MR) is 78.7 cm³/mol. The summed E-state index contributed by atoms with van der Waals surface area (Å²) in [7, 11) is 0. The molecular weight excluding hydrogens is 220 g/mol. The van der Waals surface area contributed by atoms with Crippen molar-refractivity contribution in [2.45, 2.75) is 59.5 Å². The Balaban J connectivity index is 2.83. The second-order valence-electron chi connectivity index (χ2n) is 6.59. The number of aryl methyl sites for hydroxylation is 1. The summed E-state index contributed by atoms with van der Waals surface area (Å²) in [5.74, 6) is 1.05.